The molecule has 1 aliphatic rings. The van der Waals surface area contributed by atoms with Crippen molar-refractivity contribution in [1.29, 1.82) is 0 Å². The molecule has 0 amide bonds. The van der Waals surface area contributed by atoms with Crippen LogP contribution in [0.15, 0.2) is 40.8 Å². The van der Waals surface area contributed by atoms with Crippen LogP contribution in [-0.4, -0.2) is 19.7 Å². The van der Waals surface area contributed by atoms with Crippen molar-refractivity contribution in [2.75, 3.05) is 0 Å². The van der Waals surface area contributed by atoms with Crippen LogP contribution in [0.1, 0.15) is 49.7 Å². The van der Waals surface area contributed by atoms with Gasteiger partial charge in [0.2, 0.25) is 5.89 Å². The first-order chi connectivity index (χ1) is 15.9. The predicted molar refractivity (Wildman–Crippen MR) is 123 cm³/mol. The minimum absolute atomic E-state index is 0.00549. The second kappa shape index (κ2) is 8.88. The summed E-state index contributed by atoms with van der Waals surface area (Å²) in [6.45, 7) is 1.68. The van der Waals surface area contributed by atoms with Gasteiger partial charge in [-0.1, -0.05) is 48.5 Å². The predicted octanol–water partition coefficient (Wildman–Crippen LogP) is 7.53. The number of benzene rings is 2. The van der Waals surface area contributed by atoms with E-state index < -0.39 is 11.6 Å². The summed E-state index contributed by atoms with van der Waals surface area (Å²) < 4.78 is 36.8. The van der Waals surface area contributed by atoms with Crippen LogP contribution in [-0.2, 0) is 0 Å². The van der Waals surface area contributed by atoms with Gasteiger partial charge in [0.15, 0.2) is 11.5 Å². The molecule has 0 atom stereocenters. The molecular weight excluding hydrogens is 469 g/mol. The Kier molecular flexibility index (Phi) is 5.93. The average Bonchev–Trinajstić information content (AvgIpc) is 3.42. The quantitative estimate of drug-likeness (QED) is 0.297. The molecule has 0 aliphatic heterocycles. The highest BCUT2D eigenvalue weighted by Crippen LogP contribution is 2.42. The van der Waals surface area contributed by atoms with E-state index in [4.69, 9.17) is 32.6 Å². The first-order valence-electron chi connectivity index (χ1n) is 10.8. The lowest BCUT2D eigenvalue weighted by atomic mass is 9.88. The Morgan fingerprint density at radius 3 is 2.48 bits per heavy atom. The van der Waals surface area contributed by atoms with Crippen molar-refractivity contribution in [2.24, 2.45) is 0 Å². The standard InChI is InChI=1S/C24H20Cl2F2N4O/c1-13-30-31-24(33-13)21-22(15-10-11-18(27)17(26)12-15)32(19-9-5-8-16(25)20(19)28)23(29-21)14-6-3-2-4-7-14/h5,8-12,14H,2-4,6-7H2,1H3. The molecule has 0 radical (unpaired) electrons. The number of hydrogen-bond acceptors (Lipinski definition) is 4. The number of nitrogens with zero attached hydrogens (tertiary/aromatic N) is 4. The van der Waals surface area contributed by atoms with E-state index in [2.05, 4.69) is 10.2 Å². The molecule has 0 bridgehead atoms. The van der Waals surface area contributed by atoms with Crippen LogP contribution in [0, 0.1) is 18.6 Å². The largest absolute Gasteiger partial charge is 0.420 e. The Morgan fingerprint density at radius 2 is 1.79 bits per heavy atom. The van der Waals surface area contributed by atoms with E-state index in [1.165, 1.54) is 18.2 Å². The van der Waals surface area contributed by atoms with Gasteiger partial charge in [0.25, 0.3) is 5.89 Å². The zero-order valence-corrected chi connectivity index (χ0v) is 19.3. The molecule has 5 rings (SSSR count). The van der Waals surface area contributed by atoms with Crippen LogP contribution in [0.4, 0.5) is 8.78 Å². The Labute approximate surface area is 199 Å². The molecule has 170 valence electrons. The third-order valence-electron chi connectivity index (χ3n) is 5.97. The van der Waals surface area contributed by atoms with Gasteiger partial charge >= 0.3 is 0 Å². The van der Waals surface area contributed by atoms with Crippen molar-refractivity contribution < 1.29 is 13.2 Å². The molecule has 0 saturated heterocycles. The number of hydrogen-bond donors (Lipinski definition) is 0. The summed E-state index contributed by atoms with van der Waals surface area (Å²) in [6, 6.07) is 9.16. The second-order valence-electron chi connectivity index (χ2n) is 8.17. The second-order valence-corrected chi connectivity index (χ2v) is 8.98. The summed E-state index contributed by atoms with van der Waals surface area (Å²) in [7, 11) is 0. The summed E-state index contributed by atoms with van der Waals surface area (Å²) in [6.07, 6.45) is 5.11. The maximum absolute atomic E-state index is 15.4. The highest BCUT2D eigenvalue weighted by molar-refractivity contribution is 6.31. The third-order valence-corrected chi connectivity index (χ3v) is 6.55. The van der Waals surface area contributed by atoms with Crippen molar-refractivity contribution in [3.63, 3.8) is 0 Å². The molecule has 1 aliphatic carbocycles. The van der Waals surface area contributed by atoms with E-state index in [1.54, 1.807) is 29.7 Å². The highest BCUT2D eigenvalue weighted by atomic mass is 35.5. The molecular formula is C24H20Cl2F2N4O. The molecule has 1 fully saturated rings. The van der Waals surface area contributed by atoms with Crippen molar-refractivity contribution in [3.05, 3.63) is 69.8 Å². The van der Waals surface area contributed by atoms with Crippen molar-refractivity contribution in [1.82, 2.24) is 19.7 Å². The molecule has 2 aromatic heterocycles. The monoisotopic (exact) mass is 488 g/mol. The molecule has 5 nitrogen and oxygen atoms in total. The summed E-state index contributed by atoms with van der Waals surface area (Å²) in [4.78, 5) is 4.91. The van der Waals surface area contributed by atoms with Gasteiger partial charge in [-0.2, -0.15) is 0 Å². The zero-order valence-electron chi connectivity index (χ0n) is 17.8. The number of rotatable bonds is 4. The van der Waals surface area contributed by atoms with Gasteiger partial charge in [0, 0.05) is 18.4 Å². The van der Waals surface area contributed by atoms with Gasteiger partial charge in [-0.15, -0.1) is 10.2 Å². The number of aromatic nitrogens is 4. The van der Waals surface area contributed by atoms with Crippen molar-refractivity contribution in [2.45, 2.75) is 44.9 Å². The van der Waals surface area contributed by atoms with E-state index in [0.717, 1.165) is 32.1 Å². The SMILES string of the molecule is Cc1nnc(-c2nc(C3CCCCC3)n(-c3cccc(Cl)c3F)c2-c2ccc(F)c(Cl)c2)o1. The fourth-order valence-electron chi connectivity index (χ4n) is 4.43. The Hall–Kier alpha value is -2.77. The summed E-state index contributed by atoms with van der Waals surface area (Å²) in [5.74, 6) is 0.221. The summed E-state index contributed by atoms with van der Waals surface area (Å²) >= 11 is 12.3. The first-order valence-corrected chi connectivity index (χ1v) is 11.5. The van der Waals surface area contributed by atoms with E-state index in [1.807, 2.05) is 0 Å². The third kappa shape index (κ3) is 4.04. The average molecular weight is 489 g/mol. The molecule has 2 aromatic carbocycles. The van der Waals surface area contributed by atoms with Crippen LogP contribution in [0.25, 0.3) is 28.5 Å². The van der Waals surface area contributed by atoms with E-state index >= 15 is 4.39 Å². The molecule has 0 unspecified atom stereocenters. The van der Waals surface area contributed by atoms with E-state index in [0.29, 0.717) is 28.7 Å². The van der Waals surface area contributed by atoms with Crippen LogP contribution in [0.5, 0.6) is 0 Å². The van der Waals surface area contributed by atoms with Gasteiger partial charge in [-0.25, -0.2) is 13.8 Å². The lowest BCUT2D eigenvalue weighted by Crippen LogP contribution is -2.13. The fourth-order valence-corrected chi connectivity index (χ4v) is 4.78. The minimum atomic E-state index is -0.573. The van der Waals surface area contributed by atoms with Crippen LogP contribution >= 0.6 is 23.2 Å². The molecule has 0 spiro atoms. The zero-order chi connectivity index (χ0) is 23.1. The normalized spacial score (nSPS) is 14.7. The Balaban J connectivity index is 1.86. The number of aryl methyl sites for hydroxylation is 1. The molecule has 4 aromatic rings. The van der Waals surface area contributed by atoms with Gasteiger partial charge < -0.3 is 4.42 Å². The minimum Gasteiger partial charge on any atom is -0.420 e. The Morgan fingerprint density at radius 1 is 1.00 bits per heavy atom. The summed E-state index contributed by atoms with van der Waals surface area (Å²) in [5.41, 5.74) is 1.66. The van der Waals surface area contributed by atoms with Crippen LogP contribution in [0.2, 0.25) is 10.0 Å². The maximum atomic E-state index is 15.4. The van der Waals surface area contributed by atoms with Crippen LogP contribution < -0.4 is 0 Å². The molecule has 9 heteroatoms. The van der Waals surface area contributed by atoms with Gasteiger partial charge in [0.05, 0.1) is 21.4 Å². The van der Waals surface area contributed by atoms with E-state index in [-0.39, 0.29) is 27.5 Å². The molecule has 33 heavy (non-hydrogen) atoms. The van der Waals surface area contributed by atoms with Crippen molar-refractivity contribution in [3.8, 4) is 28.5 Å². The van der Waals surface area contributed by atoms with Crippen molar-refractivity contribution >= 4 is 23.2 Å². The lowest BCUT2D eigenvalue weighted by molar-refractivity contribution is 0.425. The van der Waals surface area contributed by atoms with E-state index in [9.17, 15) is 4.39 Å². The first kappa shape index (κ1) is 22.0. The van der Waals surface area contributed by atoms with Crippen LogP contribution in [0.3, 0.4) is 0 Å². The Bertz CT molecular complexity index is 1330. The number of imidazole rings is 1. The smallest absolute Gasteiger partial charge is 0.268 e. The number of halogens is 4. The molecule has 0 N–H and O–H groups in total. The molecule has 1 saturated carbocycles. The molecule has 2 heterocycles. The fraction of sp³-hybridized carbons (Fsp3) is 0.292. The topological polar surface area (TPSA) is 56.7 Å². The maximum Gasteiger partial charge on any atom is 0.268 e. The van der Waals surface area contributed by atoms with Gasteiger partial charge in [0.1, 0.15) is 11.6 Å². The highest BCUT2D eigenvalue weighted by Gasteiger charge is 2.31. The van der Waals surface area contributed by atoms with Gasteiger partial charge in [-0.3, -0.25) is 4.57 Å². The summed E-state index contributed by atoms with van der Waals surface area (Å²) in [5, 5.41) is 8.03. The lowest BCUT2D eigenvalue weighted by Gasteiger charge is -2.23. The van der Waals surface area contributed by atoms with Gasteiger partial charge in [-0.05, 0) is 43.2 Å².